The Morgan fingerprint density at radius 2 is 1.83 bits per heavy atom. The molecule has 1 amide bonds. The highest BCUT2D eigenvalue weighted by Gasteiger charge is 2.37. The van der Waals surface area contributed by atoms with Gasteiger partial charge in [0.15, 0.2) is 5.82 Å². The molecule has 0 aliphatic carbocycles. The number of amides is 1. The lowest BCUT2D eigenvalue weighted by Gasteiger charge is -2.33. The molecule has 0 fully saturated rings. The minimum Gasteiger partial charge on any atom is -0.325 e. The quantitative estimate of drug-likeness (QED) is 0.679. The fraction of sp³-hybridized carbons (Fsp3) is 0.318. The largest absolute Gasteiger partial charge is 0.325 e. The Morgan fingerprint density at radius 1 is 1.10 bits per heavy atom. The molecule has 2 atom stereocenters. The zero-order valence-electron chi connectivity index (χ0n) is 17.1. The first kappa shape index (κ1) is 19.5. The first-order chi connectivity index (χ1) is 14.0. The summed E-state index contributed by atoms with van der Waals surface area (Å²) in [6.45, 7) is 8.13. The van der Waals surface area contributed by atoms with E-state index >= 15 is 0 Å². The van der Waals surface area contributed by atoms with Crippen LogP contribution in [0.5, 0.6) is 0 Å². The number of aryl methyl sites for hydroxylation is 4. The first-order valence-electron chi connectivity index (χ1n) is 9.78. The first-order valence-corrected chi connectivity index (χ1v) is 10.7. The molecule has 2 heterocycles. The van der Waals surface area contributed by atoms with Crippen LogP contribution < -0.4 is 10.7 Å². The van der Waals surface area contributed by atoms with Gasteiger partial charge in [-0.15, -0.1) is 10.2 Å². The summed E-state index contributed by atoms with van der Waals surface area (Å²) >= 11 is 1.45. The van der Waals surface area contributed by atoms with E-state index in [-0.39, 0.29) is 17.2 Å². The molecule has 4 rings (SSSR count). The number of nitrogens with one attached hydrogen (secondary N) is 2. The van der Waals surface area contributed by atoms with Crippen LogP contribution in [0.2, 0.25) is 0 Å². The van der Waals surface area contributed by atoms with Gasteiger partial charge in [0.05, 0.1) is 6.04 Å². The van der Waals surface area contributed by atoms with Crippen molar-refractivity contribution in [2.24, 2.45) is 0 Å². The number of rotatable bonds is 4. The number of carbonyl (C=O) groups is 1. The van der Waals surface area contributed by atoms with Gasteiger partial charge in [-0.2, -0.15) is 0 Å². The van der Waals surface area contributed by atoms with Crippen LogP contribution in [0.15, 0.2) is 47.6 Å². The van der Waals surface area contributed by atoms with Gasteiger partial charge in [0, 0.05) is 12.1 Å². The topological polar surface area (TPSA) is 71.8 Å². The molecule has 2 aromatic carbocycles. The second-order valence-corrected chi connectivity index (χ2v) is 8.56. The summed E-state index contributed by atoms with van der Waals surface area (Å²) in [5, 5.41) is 12.0. The maximum Gasteiger partial charge on any atom is 0.240 e. The molecule has 0 saturated carbocycles. The number of thioether (sulfide) groups is 1. The molecule has 1 aliphatic rings. The number of nitrogens with zero attached hydrogens (tertiary/aromatic N) is 3. The second kappa shape index (κ2) is 7.91. The highest BCUT2D eigenvalue weighted by Crippen LogP contribution is 2.37. The number of aromatic nitrogens is 3. The SMILES string of the molecule is CCc1nnc2n1N[C@@H](c1ccc(C)cc1)[C@@H](C(=O)Nc1cc(C)ccc1C)S2. The van der Waals surface area contributed by atoms with Crippen LogP contribution in [0, 0.1) is 20.8 Å². The molecule has 3 aromatic rings. The van der Waals surface area contributed by atoms with Crippen molar-refractivity contribution < 1.29 is 4.79 Å². The third kappa shape index (κ3) is 3.87. The molecule has 7 heteroatoms. The van der Waals surface area contributed by atoms with Crippen molar-refractivity contribution in [3.05, 3.63) is 70.5 Å². The molecule has 0 saturated heterocycles. The van der Waals surface area contributed by atoms with E-state index < -0.39 is 0 Å². The number of anilines is 1. The van der Waals surface area contributed by atoms with Crippen LogP contribution in [0.1, 0.15) is 41.0 Å². The number of fused-ring (bicyclic) bond motifs is 1. The van der Waals surface area contributed by atoms with E-state index in [4.69, 9.17) is 0 Å². The van der Waals surface area contributed by atoms with E-state index in [1.54, 1.807) is 0 Å². The van der Waals surface area contributed by atoms with Gasteiger partial charge in [0.25, 0.3) is 0 Å². The Kier molecular flexibility index (Phi) is 5.32. The molecule has 2 N–H and O–H groups in total. The van der Waals surface area contributed by atoms with E-state index in [9.17, 15) is 4.79 Å². The number of benzene rings is 2. The molecular formula is C22H25N5OS. The molecule has 1 aliphatic heterocycles. The average Bonchev–Trinajstić information content (AvgIpc) is 3.12. The monoisotopic (exact) mass is 407 g/mol. The minimum absolute atomic E-state index is 0.0472. The Labute approximate surface area is 175 Å². The van der Waals surface area contributed by atoms with Gasteiger partial charge in [0.1, 0.15) is 5.25 Å². The summed E-state index contributed by atoms with van der Waals surface area (Å²) < 4.78 is 1.91. The van der Waals surface area contributed by atoms with Gasteiger partial charge in [-0.1, -0.05) is 60.6 Å². The van der Waals surface area contributed by atoms with Crippen molar-refractivity contribution in [1.82, 2.24) is 14.9 Å². The summed E-state index contributed by atoms with van der Waals surface area (Å²) in [6, 6.07) is 14.2. The Balaban J connectivity index is 1.68. The summed E-state index contributed by atoms with van der Waals surface area (Å²) in [6.07, 6.45) is 0.764. The second-order valence-electron chi connectivity index (χ2n) is 7.45. The van der Waals surface area contributed by atoms with Crippen LogP contribution in [-0.4, -0.2) is 26.0 Å². The third-order valence-corrected chi connectivity index (χ3v) is 6.38. The highest BCUT2D eigenvalue weighted by atomic mass is 32.2. The molecule has 0 unspecified atom stereocenters. The average molecular weight is 408 g/mol. The van der Waals surface area contributed by atoms with E-state index in [0.29, 0.717) is 5.16 Å². The lowest BCUT2D eigenvalue weighted by molar-refractivity contribution is -0.116. The number of hydrogen-bond donors (Lipinski definition) is 2. The zero-order valence-corrected chi connectivity index (χ0v) is 17.9. The minimum atomic E-state index is -0.376. The van der Waals surface area contributed by atoms with E-state index in [1.165, 1.54) is 17.3 Å². The van der Waals surface area contributed by atoms with Gasteiger partial charge >= 0.3 is 0 Å². The van der Waals surface area contributed by atoms with Crippen LogP contribution in [-0.2, 0) is 11.2 Å². The molecule has 1 aromatic heterocycles. The smallest absolute Gasteiger partial charge is 0.240 e. The standard InChI is InChI=1S/C22H25N5OS/c1-5-18-24-25-22-27(18)26-19(16-10-7-13(2)8-11-16)20(29-22)21(28)23-17-12-14(3)6-9-15(17)4/h6-12,19-20,26H,5H2,1-4H3,(H,23,28)/t19-,20-/m0/s1. The number of hydrogen-bond acceptors (Lipinski definition) is 5. The Bertz CT molecular complexity index is 1040. The zero-order chi connectivity index (χ0) is 20.5. The van der Waals surface area contributed by atoms with Crippen molar-refractivity contribution in [3.8, 4) is 0 Å². The maximum atomic E-state index is 13.3. The van der Waals surface area contributed by atoms with Crippen molar-refractivity contribution >= 4 is 23.4 Å². The molecular weight excluding hydrogens is 382 g/mol. The van der Waals surface area contributed by atoms with Crippen LogP contribution in [0.25, 0.3) is 0 Å². The van der Waals surface area contributed by atoms with Crippen molar-refractivity contribution in [2.75, 3.05) is 10.7 Å². The normalized spacial score (nSPS) is 18.1. The van der Waals surface area contributed by atoms with Crippen LogP contribution >= 0.6 is 11.8 Å². The summed E-state index contributed by atoms with van der Waals surface area (Å²) in [5.41, 5.74) is 8.74. The summed E-state index contributed by atoms with van der Waals surface area (Å²) in [5.74, 6) is 0.812. The molecule has 0 bridgehead atoms. The predicted molar refractivity (Wildman–Crippen MR) is 117 cm³/mol. The van der Waals surface area contributed by atoms with Gasteiger partial charge in [-0.3, -0.25) is 4.79 Å². The van der Waals surface area contributed by atoms with Crippen LogP contribution in [0.3, 0.4) is 0 Å². The van der Waals surface area contributed by atoms with E-state index in [1.807, 2.05) is 43.6 Å². The summed E-state index contributed by atoms with van der Waals surface area (Å²) in [7, 11) is 0. The Hall–Kier alpha value is -2.80. The van der Waals surface area contributed by atoms with Crippen molar-refractivity contribution in [3.63, 3.8) is 0 Å². The third-order valence-electron chi connectivity index (χ3n) is 5.17. The van der Waals surface area contributed by atoms with Gasteiger partial charge in [0.2, 0.25) is 11.1 Å². The highest BCUT2D eigenvalue weighted by molar-refractivity contribution is 8.00. The van der Waals surface area contributed by atoms with E-state index in [2.05, 4.69) is 52.1 Å². The van der Waals surface area contributed by atoms with Gasteiger partial charge in [-0.25, -0.2) is 4.68 Å². The molecule has 150 valence electrons. The van der Waals surface area contributed by atoms with Crippen molar-refractivity contribution in [1.29, 1.82) is 0 Å². The van der Waals surface area contributed by atoms with Gasteiger partial charge < -0.3 is 10.7 Å². The maximum absolute atomic E-state index is 13.3. The molecule has 29 heavy (non-hydrogen) atoms. The fourth-order valence-corrected chi connectivity index (χ4v) is 4.52. The number of carbonyl (C=O) groups excluding carboxylic acids is 1. The summed E-state index contributed by atoms with van der Waals surface area (Å²) in [4.78, 5) is 13.3. The molecule has 6 nitrogen and oxygen atoms in total. The van der Waals surface area contributed by atoms with E-state index in [0.717, 1.165) is 34.6 Å². The van der Waals surface area contributed by atoms with Gasteiger partial charge in [-0.05, 0) is 43.5 Å². The Morgan fingerprint density at radius 3 is 2.55 bits per heavy atom. The lowest BCUT2D eigenvalue weighted by Crippen LogP contribution is -2.41. The molecule has 0 radical (unpaired) electrons. The van der Waals surface area contributed by atoms with Crippen LogP contribution in [0.4, 0.5) is 5.69 Å². The molecule has 0 spiro atoms. The van der Waals surface area contributed by atoms with Crippen molar-refractivity contribution in [2.45, 2.75) is 50.6 Å². The fourth-order valence-electron chi connectivity index (χ4n) is 3.43. The predicted octanol–water partition coefficient (Wildman–Crippen LogP) is 4.16. The lowest BCUT2D eigenvalue weighted by atomic mass is 10.0.